The number of carboxylic acids is 1. The molecule has 2 heterocycles. The second kappa shape index (κ2) is 9.57. The molecule has 170 valence electrons. The lowest BCUT2D eigenvalue weighted by atomic mass is 10.1. The zero-order valence-corrected chi connectivity index (χ0v) is 19.4. The summed E-state index contributed by atoms with van der Waals surface area (Å²) >= 11 is 6.17. The Morgan fingerprint density at radius 2 is 1.70 bits per heavy atom. The number of fused-ring (bicyclic) bond motifs is 1. The van der Waals surface area contributed by atoms with Gasteiger partial charge in [0, 0.05) is 34.7 Å². The van der Waals surface area contributed by atoms with Gasteiger partial charge in [0.1, 0.15) is 5.56 Å². The van der Waals surface area contributed by atoms with E-state index in [0.29, 0.717) is 27.3 Å². The normalized spacial score (nSPS) is 11.0. The molecule has 0 aliphatic heterocycles. The van der Waals surface area contributed by atoms with Gasteiger partial charge in [-0.05, 0) is 55.0 Å². The summed E-state index contributed by atoms with van der Waals surface area (Å²) in [7, 11) is -3.89. The fraction of sp³-hybridized carbons (Fsp3) is 0.0476. The van der Waals surface area contributed by atoms with Gasteiger partial charge in [-0.3, -0.25) is 4.98 Å². The first kappa shape index (κ1) is 24.2. The molecular formula is C21H17Cl2N5O4S. The minimum absolute atomic E-state index is 0. The number of sulfonamides is 1. The van der Waals surface area contributed by atoms with Gasteiger partial charge in [-0.1, -0.05) is 11.6 Å². The minimum atomic E-state index is -3.89. The lowest BCUT2D eigenvalue weighted by molar-refractivity contribution is 0.0697. The largest absolute Gasteiger partial charge is 0.478 e. The quantitative estimate of drug-likeness (QED) is 0.344. The van der Waals surface area contributed by atoms with E-state index in [2.05, 4.69) is 25.0 Å². The SMILES string of the molecule is Cc1c(Cl)ccc2c(Nc3ccc(S(=O)(=O)Nc4ncccn4)cc3)c(C(=O)O)cnc12.Cl. The second-order valence-corrected chi connectivity index (χ2v) is 8.84. The van der Waals surface area contributed by atoms with E-state index in [-0.39, 0.29) is 28.8 Å². The van der Waals surface area contributed by atoms with E-state index < -0.39 is 16.0 Å². The van der Waals surface area contributed by atoms with Crippen molar-refractivity contribution in [3.8, 4) is 0 Å². The van der Waals surface area contributed by atoms with Gasteiger partial charge in [0.05, 0.1) is 16.1 Å². The van der Waals surface area contributed by atoms with E-state index in [9.17, 15) is 18.3 Å². The first-order valence-electron chi connectivity index (χ1n) is 9.24. The molecule has 0 spiro atoms. The molecule has 0 unspecified atom stereocenters. The number of hydrogen-bond donors (Lipinski definition) is 3. The summed E-state index contributed by atoms with van der Waals surface area (Å²) in [5, 5.41) is 13.8. The van der Waals surface area contributed by atoms with E-state index in [1.807, 2.05) is 0 Å². The highest BCUT2D eigenvalue weighted by atomic mass is 35.5. The van der Waals surface area contributed by atoms with E-state index in [0.717, 1.165) is 5.56 Å². The number of anilines is 3. The molecule has 4 aromatic rings. The molecule has 0 radical (unpaired) electrons. The maximum atomic E-state index is 12.5. The van der Waals surface area contributed by atoms with Gasteiger partial charge in [-0.25, -0.2) is 27.9 Å². The van der Waals surface area contributed by atoms with Crippen molar-refractivity contribution in [2.75, 3.05) is 10.0 Å². The third-order valence-corrected chi connectivity index (χ3v) is 6.44. The number of pyridine rings is 1. The average Bonchev–Trinajstić information content (AvgIpc) is 2.77. The Morgan fingerprint density at radius 1 is 1.03 bits per heavy atom. The lowest BCUT2D eigenvalue weighted by Crippen LogP contribution is -2.14. The van der Waals surface area contributed by atoms with Crippen molar-refractivity contribution < 1.29 is 18.3 Å². The van der Waals surface area contributed by atoms with E-state index in [1.54, 1.807) is 25.1 Å². The first-order valence-corrected chi connectivity index (χ1v) is 11.1. The molecule has 0 saturated heterocycles. The standard InChI is InChI=1S/C21H16ClN5O4S.ClH/c1-12-17(22)8-7-15-18(12)25-11-16(20(28)29)19(15)26-13-3-5-14(6-4-13)32(30,31)27-21-23-9-2-10-24-21;/h2-11H,1H3,(H,25,26)(H,28,29)(H,23,24,27);1H. The van der Waals surface area contributed by atoms with Crippen LogP contribution in [0.3, 0.4) is 0 Å². The molecule has 0 atom stereocenters. The van der Waals surface area contributed by atoms with Crippen LogP contribution < -0.4 is 10.0 Å². The summed E-state index contributed by atoms with van der Waals surface area (Å²) < 4.78 is 27.4. The van der Waals surface area contributed by atoms with Crippen LogP contribution in [0.4, 0.5) is 17.3 Å². The second-order valence-electron chi connectivity index (χ2n) is 6.75. The van der Waals surface area contributed by atoms with E-state index in [4.69, 9.17) is 11.6 Å². The molecular weight excluding hydrogens is 489 g/mol. The molecule has 33 heavy (non-hydrogen) atoms. The number of aromatic nitrogens is 3. The van der Waals surface area contributed by atoms with Crippen LogP contribution >= 0.6 is 24.0 Å². The molecule has 0 bridgehead atoms. The fourth-order valence-corrected chi connectivity index (χ4v) is 4.18. The predicted molar refractivity (Wildman–Crippen MR) is 128 cm³/mol. The Kier molecular flexibility index (Phi) is 7.01. The summed E-state index contributed by atoms with van der Waals surface area (Å²) in [6.07, 6.45) is 4.11. The van der Waals surface area contributed by atoms with Crippen LogP contribution in [0, 0.1) is 6.92 Å². The summed E-state index contributed by atoms with van der Waals surface area (Å²) in [6.45, 7) is 1.80. The van der Waals surface area contributed by atoms with Crippen molar-refractivity contribution >= 4 is 68.2 Å². The molecule has 0 saturated carbocycles. The van der Waals surface area contributed by atoms with Crippen LogP contribution in [-0.2, 0) is 10.0 Å². The average molecular weight is 506 g/mol. The Balaban J connectivity index is 0.00000306. The summed E-state index contributed by atoms with van der Waals surface area (Å²) in [4.78, 5) is 23.7. The van der Waals surface area contributed by atoms with Crippen molar-refractivity contribution in [2.45, 2.75) is 11.8 Å². The molecule has 0 amide bonds. The number of aromatic carboxylic acids is 1. The first-order chi connectivity index (χ1) is 15.3. The number of carbonyl (C=O) groups is 1. The minimum Gasteiger partial charge on any atom is -0.478 e. The van der Waals surface area contributed by atoms with Crippen LogP contribution in [0.2, 0.25) is 5.02 Å². The number of hydrogen-bond acceptors (Lipinski definition) is 7. The summed E-state index contributed by atoms with van der Waals surface area (Å²) in [5.41, 5.74) is 2.08. The number of benzene rings is 2. The molecule has 0 aliphatic rings. The number of halogens is 2. The van der Waals surface area contributed by atoms with Gasteiger partial charge in [0.25, 0.3) is 10.0 Å². The molecule has 9 nitrogen and oxygen atoms in total. The molecule has 2 aromatic carbocycles. The molecule has 4 rings (SSSR count). The van der Waals surface area contributed by atoms with Gasteiger partial charge >= 0.3 is 5.97 Å². The van der Waals surface area contributed by atoms with Gasteiger partial charge in [0.15, 0.2) is 0 Å². The molecule has 0 aliphatic carbocycles. The lowest BCUT2D eigenvalue weighted by Gasteiger charge is -2.14. The van der Waals surface area contributed by atoms with Crippen molar-refractivity contribution in [1.29, 1.82) is 0 Å². The van der Waals surface area contributed by atoms with Crippen molar-refractivity contribution in [3.63, 3.8) is 0 Å². The van der Waals surface area contributed by atoms with E-state index in [1.165, 1.54) is 42.9 Å². The maximum Gasteiger partial charge on any atom is 0.339 e. The summed E-state index contributed by atoms with van der Waals surface area (Å²) in [6, 6.07) is 10.8. The molecule has 2 aromatic heterocycles. The molecule has 3 N–H and O–H groups in total. The number of carboxylic acid groups (broad SMARTS) is 1. The highest BCUT2D eigenvalue weighted by molar-refractivity contribution is 7.92. The van der Waals surface area contributed by atoms with Crippen molar-refractivity contribution in [1.82, 2.24) is 15.0 Å². The number of aryl methyl sites for hydroxylation is 1. The smallest absolute Gasteiger partial charge is 0.339 e. The molecule has 12 heteroatoms. The zero-order valence-electron chi connectivity index (χ0n) is 17.0. The van der Waals surface area contributed by atoms with Crippen LogP contribution in [-0.4, -0.2) is 34.4 Å². The van der Waals surface area contributed by atoms with Crippen LogP contribution in [0.5, 0.6) is 0 Å². The van der Waals surface area contributed by atoms with Gasteiger partial charge < -0.3 is 10.4 Å². The van der Waals surface area contributed by atoms with Crippen LogP contribution in [0.1, 0.15) is 15.9 Å². The Hall–Kier alpha value is -3.47. The highest BCUT2D eigenvalue weighted by Crippen LogP contribution is 2.33. The van der Waals surface area contributed by atoms with Gasteiger partial charge in [-0.15, -0.1) is 12.4 Å². The monoisotopic (exact) mass is 505 g/mol. The van der Waals surface area contributed by atoms with Crippen molar-refractivity contribution in [3.05, 3.63) is 77.2 Å². The third kappa shape index (κ3) is 4.98. The Bertz CT molecular complexity index is 1430. The van der Waals surface area contributed by atoms with Crippen LogP contribution in [0.15, 0.2) is 66.0 Å². The third-order valence-electron chi connectivity index (χ3n) is 4.68. The summed E-state index contributed by atoms with van der Waals surface area (Å²) in [5.74, 6) is -1.20. The highest BCUT2D eigenvalue weighted by Gasteiger charge is 2.18. The van der Waals surface area contributed by atoms with Gasteiger partial charge in [-0.2, -0.15) is 0 Å². The predicted octanol–water partition coefficient (Wildman–Crippen LogP) is 4.65. The van der Waals surface area contributed by atoms with Crippen LogP contribution in [0.25, 0.3) is 10.9 Å². The number of nitrogens with zero attached hydrogens (tertiary/aromatic N) is 3. The fourth-order valence-electron chi connectivity index (χ4n) is 3.07. The Morgan fingerprint density at radius 3 is 2.33 bits per heavy atom. The maximum absolute atomic E-state index is 12.5. The Labute approximate surface area is 200 Å². The van der Waals surface area contributed by atoms with Crippen molar-refractivity contribution in [2.24, 2.45) is 0 Å². The number of nitrogens with one attached hydrogen (secondary N) is 2. The topological polar surface area (TPSA) is 134 Å². The number of rotatable bonds is 6. The van der Waals surface area contributed by atoms with E-state index >= 15 is 0 Å². The molecule has 0 fully saturated rings. The zero-order chi connectivity index (χ0) is 22.9. The van der Waals surface area contributed by atoms with Gasteiger partial charge in [0.2, 0.25) is 5.95 Å².